The number of nitrogens with zero attached hydrogens (tertiary/aromatic N) is 3. The van der Waals surface area contributed by atoms with E-state index in [9.17, 15) is 8.42 Å². The Labute approximate surface area is 141 Å². The highest BCUT2D eigenvalue weighted by molar-refractivity contribution is 7.89. The predicted octanol–water partition coefficient (Wildman–Crippen LogP) is 2.60. The molecule has 1 aromatic rings. The van der Waals surface area contributed by atoms with Crippen LogP contribution in [0.4, 0.5) is 0 Å². The van der Waals surface area contributed by atoms with Gasteiger partial charge in [-0.15, -0.1) is 0 Å². The lowest BCUT2D eigenvalue weighted by Gasteiger charge is -2.34. The molecule has 1 saturated heterocycles. The summed E-state index contributed by atoms with van der Waals surface area (Å²) in [6.45, 7) is 2.96. The summed E-state index contributed by atoms with van der Waals surface area (Å²) in [5, 5.41) is 8.84. The van der Waals surface area contributed by atoms with Gasteiger partial charge in [-0.2, -0.15) is 9.57 Å². The van der Waals surface area contributed by atoms with E-state index in [4.69, 9.17) is 28.5 Å². The van der Waals surface area contributed by atoms with Crippen LogP contribution < -0.4 is 0 Å². The van der Waals surface area contributed by atoms with Gasteiger partial charge in [0.2, 0.25) is 10.0 Å². The number of benzene rings is 1. The summed E-state index contributed by atoms with van der Waals surface area (Å²) in [7, 11) is -3.63. The summed E-state index contributed by atoms with van der Waals surface area (Å²) in [5.41, 5.74) is 0. The highest BCUT2D eigenvalue weighted by Gasteiger charge is 2.30. The Morgan fingerprint density at radius 1 is 1.18 bits per heavy atom. The molecule has 8 heteroatoms. The molecule has 120 valence electrons. The van der Waals surface area contributed by atoms with Gasteiger partial charge in [0.15, 0.2) is 0 Å². The Hall–Kier alpha value is -0.840. The topological polar surface area (TPSA) is 64.4 Å². The number of unbranched alkanes of at least 4 members (excludes halogenated alkanes) is 1. The van der Waals surface area contributed by atoms with Gasteiger partial charge in [-0.05, 0) is 25.1 Å². The summed E-state index contributed by atoms with van der Waals surface area (Å²) >= 11 is 11.9. The molecule has 0 N–H and O–H groups in total. The first-order chi connectivity index (χ1) is 10.5. The third kappa shape index (κ3) is 3.92. The van der Waals surface area contributed by atoms with E-state index in [2.05, 4.69) is 11.0 Å². The van der Waals surface area contributed by atoms with E-state index in [0.29, 0.717) is 32.6 Å². The number of hydrogen-bond donors (Lipinski definition) is 0. The fraction of sp³-hybridized carbons (Fsp3) is 0.500. The van der Waals surface area contributed by atoms with Crippen LogP contribution in [-0.4, -0.2) is 50.3 Å². The smallest absolute Gasteiger partial charge is 0.244 e. The molecule has 1 aliphatic rings. The van der Waals surface area contributed by atoms with E-state index < -0.39 is 10.0 Å². The zero-order valence-electron chi connectivity index (χ0n) is 12.0. The molecule has 22 heavy (non-hydrogen) atoms. The highest BCUT2D eigenvalue weighted by atomic mass is 35.5. The van der Waals surface area contributed by atoms with Crippen LogP contribution in [0.2, 0.25) is 10.0 Å². The van der Waals surface area contributed by atoms with Crippen molar-refractivity contribution in [1.29, 1.82) is 5.26 Å². The SMILES string of the molecule is N#CCCCN1CCN(S(=O)(=O)c2cccc(Cl)c2Cl)CC1. The van der Waals surface area contributed by atoms with Crippen LogP contribution in [-0.2, 0) is 10.0 Å². The summed E-state index contributed by atoms with van der Waals surface area (Å²) < 4.78 is 26.7. The van der Waals surface area contributed by atoms with Crippen LogP contribution in [0.25, 0.3) is 0 Å². The van der Waals surface area contributed by atoms with Gasteiger partial charge in [0.25, 0.3) is 0 Å². The van der Waals surface area contributed by atoms with Gasteiger partial charge >= 0.3 is 0 Å². The lowest BCUT2D eigenvalue weighted by atomic mass is 10.3. The Kier molecular flexibility index (Phi) is 6.07. The number of halogens is 2. The van der Waals surface area contributed by atoms with Gasteiger partial charge < -0.3 is 4.90 Å². The van der Waals surface area contributed by atoms with Crippen LogP contribution in [0, 0.1) is 11.3 Å². The first-order valence-electron chi connectivity index (χ1n) is 7.00. The fourth-order valence-corrected chi connectivity index (χ4v) is 4.56. The van der Waals surface area contributed by atoms with Gasteiger partial charge in [0, 0.05) is 32.6 Å². The summed E-state index contributed by atoms with van der Waals surface area (Å²) in [4.78, 5) is 2.22. The molecule has 0 aromatic heterocycles. The Balaban J connectivity index is 2.04. The van der Waals surface area contributed by atoms with Crippen molar-refractivity contribution in [1.82, 2.24) is 9.21 Å². The van der Waals surface area contributed by atoms with Crippen LogP contribution in [0.15, 0.2) is 23.1 Å². The Bertz CT molecular complexity index is 665. The van der Waals surface area contributed by atoms with Crippen molar-refractivity contribution in [2.75, 3.05) is 32.7 Å². The third-order valence-electron chi connectivity index (χ3n) is 3.63. The molecule has 0 amide bonds. The fourth-order valence-electron chi connectivity index (χ4n) is 2.40. The second kappa shape index (κ2) is 7.62. The van der Waals surface area contributed by atoms with Gasteiger partial charge in [0.05, 0.1) is 16.1 Å². The Morgan fingerprint density at radius 2 is 1.86 bits per heavy atom. The van der Waals surface area contributed by atoms with Crippen molar-refractivity contribution in [3.63, 3.8) is 0 Å². The van der Waals surface area contributed by atoms with Crippen LogP contribution >= 0.6 is 23.2 Å². The molecule has 0 bridgehead atoms. The number of sulfonamides is 1. The van der Waals surface area contributed by atoms with Crippen molar-refractivity contribution in [2.24, 2.45) is 0 Å². The van der Waals surface area contributed by atoms with E-state index in [-0.39, 0.29) is 14.9 Å². The summed E-state index contributed by atoms with van der Waals surface area (Å²) in [6, 6.07) is 6.74. The van der Waals surface area contributed by atoms with Gasteiger partial charge in [-0.1, -0.05) is 29.3 Å². The molecule has 1 aromatic carbocycles. The normalized spacial score (nSPS) is 17.3. The standard InChI is InChI=1S/C14H17Cl2N3O2S/c15-12-4-3-5-13(14(12)16)22(20,21)19-10-8-18(9-11-19)7-2-1-6-17/h3-5H,1-2,7-11H2. The molecular formula is C14H17Cl2N3O2S. The monoisotopic (exact) mass is 361 g/mol. The van der Waals surface area contributed by atoms with Crippen molar-refractivity contribution < 1.29 is 8.42 Å². The highest BCUT2D eigenvalue weighted by Crippen LogP contribution is 2.31. The molecule has 0 unspecified atom stereocenters. The van der Waals surface area contributed by atoms with Gasteiger partial charge in [-0.25, -0.2) is 8.42 Å². The number of rotatable bonds is 5. The maximum atomic E-state index is 12.6. The zero-order valence-corrected chi connectivity index (χ0v) is 14.3. The molecule has 5 nitrogen and oxygen atoms in total. The number of nitriles is 1. The minimum absolute atomic E-state index is 0.0552. The molecule has 1 heterocycles. The summed E-state index contributed by atoms with van der Waals surface area (Å²) in [5.74, 6) is 0. The van der Waals surface area contributed by atoms with E-state index in [1.807, 2.05) is 0 Å². The van der Waals surface area contributed by atoms with E-state index in [1.54, 1.807) is 12.1 Å². The van der Waals surface area contributed by atoms with Crippen molar-refractivity contribution >= 4 is 33.2 Å². The van der Waals surface area contributed by atoms with Crippen LogP contribution in [0.5, 0.6) is 0 Å². The van der Waals surface area contributed by atoms with Crippen LogP contribution in [0.1, 0.15) is 12.8 Å². The molecule has 0 aliphatic carbocycles. The van der Waals surface area contributed by atoms with Gasteiger partial charge in [-0.3, -0.25) is 0 Å². The first kappa shape index (κ1) is 17.5. The molecule has 1 fully saturated rings. The van der Waals surface area contributed by atoms with E-state index >= 15 is 0 Å². The molecule has 2 rings (SSSR count). The number of hydrogen-bond acceptors (Lipinski definition) is 4. The lowest BCUT2D eigenvalue weighted by molar-refractivity contribution is 0.187. The second-order valence-corrected chi connectivity index (χ2v) is 7.75. The molecular weight excluding hydrogens is 345 g/mol. The molecule has 1 aliphatic heterocycles. The predicted molar refractivity (Wildman–Crippen MR) is 86.5 cm³/mol. The molecule has 0 saturated carbocycles. The molecule has 0 spiro atoms. The average molecular weight is 362 g/mol. The molecule has 0 atom stereocenters. The maximum absolute atomic E-state index is 12.6. The maximum Gasteiger partial charge on any atom is 0.244 e. The minimum atomic E-state index is -3.63. The van der Waals surface area contributed by atoms with Crippen molar-refractivity contribution in [3.8, 4) is 6.07 Å². The average Bonchev–Trinajstić information content (AvgIpc) is 2.50. The van der Waals surface area contributed by atoms with Crippen molar-refractivity contribution in [2.45, 2.75) is 17.7 Å². The van der Waals surface area contributed by atoms with E-state index in [0.717, 1.165) is 13.0 Å². The molecule has 0 radical (unpaired) electrons. The van der Waals surface area contributed by atoms with Gasteiger partial charge in [0.1, 0.15) is 4.90 Å². The Morgan fingerprint density at radius 3 is 2.50 bits per heavy atom. The zero-order chi connectivity index (χ0) is 16.2. The van der Waals surface area contributed by atoms with Crippen molar-refractivity contribution in [3.05, 3.63) is 28.2 Å². The quantitative estimate of drug-likeness (QED) is 0.756. The number of piperazine rings is 1. The first-order valence-corrected chi connectivity index (χ1v) is 9.20. The summed E-state index contributed by atoms with van der Waals surface area (Å²) in [6.07, 6.45) is 1.33. The van der Waals surface area contributed by atoms with Crippen LogP contribution in [0.3, 0.4) is 0 Å². The third-order valence-corrected chi connectivity index (χ3v) is 6.50. The lowest BCUT2D eigenvalue weighted by Crippen LogP contribution is -2.48. The minimum Gasteiger partial charge on any atom is -0.301 e. The van der Waals surface area contributed by atoms with E-state index in [1.165, 1.54) is 10.4 Å². The largest absolute Gasteiger partial charge is 0.301 e. The second-order valence-electron chi connectivity index (χ2n) is 5.06.